The van der Waals surface area contributed by atoms with Gasteiger partial charge in [-0.15, -0.1) is 21.3 Å². The molecule has 0 aliphatic heterocycles. The molecule has 0 nitrogen and oxygen atoms in total. The fourth-order valence-electron chi connectivity index (χ4n) is 3.79. The van der Waals surface area contributed by atoms with Crippen molar-refractivity contribution in [1.82, 2.24) is 0 Å². The lowest BCUT2D eigenvalue weighted by molar-refractivity contribution is 0.642. The van der Waals surface area contributed by atoms with Crippen LogP contribution in [0.3, 0.4) is 0 Å². The Morgan fingerprint density at radius 3 is 1.72 bits per heavy atom. The van der Waals surface area contributed by atoms with Gasteiger partial charge in [0.1, 0.15) is 7.28 Å². The maximum atomic E-state index is 2.51. The molecular weight excluding hydrogens is 205 g/mol. The van der Waals surface area contributed by atoms with Crippen LogP contribution >= 0.6 is 0 Å². The second-order valence-corrected chi connectivity index (χ2v) is 8.74. The van der Waals surface area contributed by atoms with Crippen molar-refractivity contribution in [3.05, 3.63) is 0 Å². The molecule has 1 rings (SSSR count). The maximum Gasteiger partial charge on any atom is 0.113 e. The summed E-state index contributed by atoms with van der Waals surface area (Å²) in [7, 11) is 21.1. The normalized spacial score (nSPS) is 19.2. The highest BCUT2D eigenvalue weighted by molar-refractivity contribution is 6.77. The van der Waals surface area contributed by atoms with Crippen molar-refractivity contribution in [2.75, 3.05) is 0 Å². The van der Waals surface area contributed by atoms with Crippen molar-refractivity contribution in [3.8, 4) is 0 Å². The molecule has 0 saturated heterocycles. The van der Waals surface area contributed by atoms with E-state index in [1.165, 1.54) is 33.0 Å². The smallest absolute Gasteiger partial charge is 0.113 e. The van der Waals surface area contributed by atoms with Crippen LogP contribution in [0.4, 0.5) is 0 Å². The Balaban J connectivity index is 2.86. The maximum absolute atomic E-state index is 2.51. The van der Waals surface area contributed by atoms with E-state index in [1.54, 1.807) is 0 Å². The summed E-state index contributed by atoms with van der Waals surface area (Å²) in [6.07, 6.45) is 5.88. The molecule has 0 aromatic heterocycles. The molecule has 1 aliphatic rings. The minimum absolute atomic E-state index is 0.372. The molecule has 0 radical (unpaired) electrons. The second-order valence-electron chi connectivity index (χ2n) is 8.74. The number of rotatable bonds is 5. The van der Waals surface area contributed by atoms with Crippen LogP contribution in [0.2, 0.25) is 27.1 Å². The van der Waals surface area contributed by atoms with Crippen LogP contribution in [0.25, 0.3) is 0 Å². The minimum atomic E-state index is 0.372. The highest BCUT2D eigenvalue weighted by Crippen LogP contribution is 2.60. The molecule has 0 aromatic carbocycles. The van der Waals surface area contributed by atoms with Gasteiger partial charge in [-0.2, -0.15) is 0 Å². The van der Waals surface area contributed by atoms with Gasteiger partial charge < -0.3 is 0 Å². The van der Waals surface area contributed by atoms with Gasteiger partial charge in [0.05, 0.1) is 62.8 Å². The molecule has 0 bridgehead atoms. The SMILES string of the molecule is BC(B)C(B)(B)C(B)(B)C(B)(B)BC1CCCC1. The molecule has 0 atom stereocenters. The van der Waals surface area contributed by atoms with Gasteiger partial charge in [0.25, 0.3) is 0 Å². The van der Waals surface area contributed by atoms with E-state index in [9.17, 15) is 0 Å². The molecule has 0 N–H and O–H groups in total. The third-order valence-electron chi connectivity index (χ3n) is 7.02. The summed E-state index contributed by atoms with van der Waals surface area (Å²) < 4.78 is 0. The van der Waals surface area contributed by atoms with Crippen molar-refractivity contribution in [1.29, 1.82) is 0 Å². The zero-order valence-corrected chi connectivity index (χ0v) is 14.2. The summed E-state index contributed by atoms with van der Waals surface area (Å²) in [6, 6.07) is 0. The van der Waals surface area contributed by atoms with Crippen molar-refractivity contribution in [2.45, 2.75) is 52.8 Å². The van der Waals surface area contributed by atoms with E-state index >= 15 is 0 Å². The van der Waals surface area contributed by atoms with Crippen LogP contribution in [-0.2, 0) is 0 Å². The van der Waals surface area contributed by atoms with E-state index in [4.69, 9.17) is 0 Å². The van der Waals surface area contributed by atoms with Gasteiger partial charge >= 0.3 is 0 Å². The van der Waals surface area contributed by atoms with Crippen LogP contribution < -0.4 is 0 Å². The number of hydrogen-bond donors (Lipinski definition) is 0. The Hall–Kier alpha value is 0.584. The minimum Gasteiger partial charge on any atom is -0.117 e. The lowest BCUT2D eigenvalue weighted by Crippen LogP contribution is -2.48. The molecule has 90 valence electrons. The lowest BCUT2D eigenvalue weighted by Gasteiger charge is -2.57. The first kappa shape index (κ1) is 16.6. The zero-order chi connectivity index (χ0) is 14.2. The summed E-state index contributed by atoms with van der Waals surface area (Å²) in [5, 5.41) is 1.18. The topological polar surface area (TPSA) is 0 Å². The van der Waals surface area contributed by atoms with E-state index in [1.807, 2.05) is 0 Å². The predicted molar refractivity (Wildman–Crippen MR) is 110 cm³/mol. The highest BCUT2D eigenvalue weighted by atomic mass is 14.3. The first-order valence-electron chi connectivity index (χ1n) is 8.02. The molecule has 18 heavy (non-hydrogen) atoms. The van der Waals surface area contributed by atoms with Gasteiger partial charge in [0.15, 0.2) is 0 Å². The zero-order valence-electron chi connectivity index (χ0n) is 14.2. The molecule has 9 heteroatoms. The standard InChI is InChI=1S/C9H27B9/c10-6(11)7(12,13)8(14,15)9(16,17)18-5-3-1-2-4-5/h5-6,18H,1-4,10-17H2. The van der Waals surface area contributed by atoms with E-state index < -0.39 is 0 Å². The molecule has 0 amide bonds. The molecule has 1 fully saturated rings. The predicted octanol–water partition coefficient (Wildman–Crippen LogP) is -5.10. The third-order valence-corrected chi connectivity index (χ3v) is 7.02. The fraction of sp³-hybridized carbons (Fsp3) is 1.00. The summed E-state index contributed by atoms with van der Waals surface area (Å²) in [5.41, 5.74) is 0.732. The highest BCUT2D eigenvalue weighted by Gasteiger charge is 2.48. The fourth-order valence-corrected chi connectivity index (χ4v) is 3.79. The molecule has 0 spiro atoms. The summed E-state index contributed by atoms with van der Waals surface area (Å²) in [4.78, 5) is 0. The van der Waals surface area contributed by atoms with Gasteiger partial charge in [-0.25, -0.2) is 0 Å². The summed E-state index contributed by atoms with van der Waals surface area (Å²) in [5.74, 6) is 0.988. The first-order chi connectivity index (χ1) is 8.02. The van der Waals surface area contributed by atoms with Crippen LogP contribution in [-0.4, -0.2) is 70.0 Å². The Morgan fingerprint density at radius 2 is 1.33 bits per heavy atom. The van der Waals surface area contributed by atoms with Gasteiger partial charge in [-0.1, -0.05) is 31.5 Å². The Labute approximate surface area is 123 Å². The summed E-state index contributed by atoms with van der Waals surface area (Å²) >= 11 is 0. The van der Waals surface area contributed by atoms with Gasteiger partial charge in [-0.05, 0) is 0 Å². The molecule has 1 aliphatic carbocycles. The van der Waals surface area contributed by atoms with E-state index in [0.29, 0.717) is 15.5 Å². The van der Waals surface area contributed by atoms with Crippen molar-refractivity contribution in [2.24, 2.45) is 0 Å². The molecule has 0 aromatic rings. The van der Waals surface area contributed by atoms with Gasteiger partial charge in [0.2, 0.25) is 0 Å². The average Bonchev–Trinajstić information content (AvgIpc) is 2.68. The van der Waals surface area contributed by atoms with Crippen molar-refractivity contribution in [3.63, 3.8) is 0 Å². The van der Waals surface area contributed by atoms with Crippen LogP contribution in [0.15, 0.2) is 0 Å². The lowest BCUT2D eigenvalue weighted by atomic mass is 9.07. The third kappa shape index (κ3) is 3.01. The van der Waals surface area contributed by atoms with Gasteiger partial charge in [0, 0.05) is 0 Å². The quantitative estimate of drug-likeness (QED) is 0.416. The van der Waals surface area contributed by atoms with Crippen LogP contribution in [0, 0.1) is 0 Å². The second kappa shape index (κ2) is 5.53. The van der Waals surface area contributed by atoms with Gasteiger partial charge in [-0.3, -0.25) is 0 Å². The van der Waals surface area contributed by atoms with Crippen molar-refractivity contribution < 1.29 is 0 Å². The van der Waals surface area contributed by atoms with E-state index in [-0.39, 0.29) is 0 Å². The number of hydrogen-bond acceptors (Lipinski definition) is 0. The first-order valence-corrected chi connectivity index (χ1v) is 8.02. The monoisotopic (exact) mass is 234 g/mol. The van der Waals surface area contributed by atoms with Crippen LogP contribution in [0.5, 0.6) is 0 Å². The molecule has 0 heterocycles. The largest absolute Gasteiger partial charge is 0.117 e. The Morgan fingerprint density at radius 1 is 0.889 bits per heavy atom. The molecular formula is C9H27B9. The Bertz CT molecular complexity index is 280. The van der Waals surface area contributed by atoms with E-state index in [0.717, 1.165) is 11.5 Å². The van der Waals surface area contributed by atoms with E-state index in [2.05, 4.69) is 62.8 Å². The molecule has 0 unspecified atom stereocenters. The molecule has 1 saturated carbocycles. The summed E-state index contributed by atoms with van der Waals surface area (Å²) in [6.45, 7) is 0. The van der Waals surface area contributed by atoms with Crippen molar-refractivity contribution >= 4 is 70.0 Å². The van der Waals surface area contributed by atoms with Crippen LogP contribution in [0.1, 0.15) is 25.7 Å². The average molecular weight is 233 g/mol. The Kier molecular flexibility index (Phi) is 5.11.